The molecule has 0 bridgehead atoms. The first-order valence-corrected chi connectivity index (χ1v) is 9.11. The lowest BCUT2D eigenvalue weighted by Crippen LogP contribution is -2.18. The van der Waals surface area contributed by atoms with Crippen LogP contribution in [0.3, 0.4) is 0 Å². The van der Waals surface area contributed by atoms with E-state index in [0.717, 1.165) is 19.5 Å². The SMILES string of the molecule is CS(=O)(=O)O.CS(=O)(=O)O.Nc1c(N)n2n(c1=O)CCC2. The van der Waals surface area contributed by atoms with Crippen molar-refractivity contribution < 1.29 is 25.9 Å². The number of hydrogen-bond acceptors (Lipinski definition) is 7. The summed E-state index contributed by atoms with van der Waals surface area (Å²) in [5.41, 5.74) is 11.0. The van der Waals surface area contributed by atoms with Gasteiger partial charge in [0.15, 0.2) is 0 Å². The lowest BCUT2D eigenvalue weighted by Gasteiger charge is -1.98. The summed E-state index contributed by atoms with van der Waals surface area (Å²) in [4.78, 5) is 11.2. The zero-order chi connectivity index (χ0) is 17.0. The van der Waals surface area contributed by atoms with Crippen LogP contribution in [0, 0.1) is 0 Å². The first-order chi connectivity index (χ1) is 9.22. The number of aromatic nitrogens is 2. The maximum absolute atomic E-state index is 11.2. The summed E-state index contributed by atoms with van der Waals surface area (Å²) in [5, 5.41) is 0. The summed E-state index contributed by atoms with van der Waals surface area (Å²) in [6, 6.07) is 0. The number of fused-ring (bicyclic) bond motifs is 1. The van der Waals surface area contributed by atoms with Gasteiger partial charge in [0, 0.05) is 13.1 Å². The van der Waals surface area contributed by atoms with E-state index in [0.29, 0.717) is 18.3 Å². The Bertz CT molecular complexity index is 698. The van der Waals surface area contributed by atoms with E-state index in [9.17, 15) is 21.6 Å². The smallest absolute Gasteiger partial charge is 0.292 e. The fourth-order valence-electron chi connectivity index (χ4n) is 1.46. The van der Waals surface area contributed by atoms with Crippen molar-refractivity contribution in [2.45, 2.75) is 19.5 Å². The van der Waals surface area contributed by atoms with Gasteiger partial charge in [0.05, 0.1) is 12.5 Å². The first-order valence-electron chi connectivity index (χ1n) is 5.41. The third-order valence-electron chi connectivity index (χ3n) is 2.05. The van der Waals surface area contributed by atoms with E-state index < -0.39 is 20.2 Å². The molecular formula is C8H18N4O7S2. The van der Waals surface area contributed by atoms with Gasteiger partial charge < -0.3 is 11.5 Å². The zero-order valence-corrected chi connectivity index (χ0v) is 13.1. The third-order valence-corrected chi connectivity index (χ3v) is 2.05. The number of rotatable bonds is 0. The Morgan fingerprint density at radius 3 is 1.62 bits per heavy atom. The zero-order valence-electron chi connectivity index (χ0n) is 11.4. The molecule has 0 fully saturated rings. The quantitative estimate of drug-likeness (QED) is 0.394. The fourth-order valence-corrected chi connectivity index (χ4v) is 1.46. The van der Waals surface area contributed by atoms with Crippen LogP contribution in [0.5, 0.6) is 0 Å². The average Bonchev–Trinajstić information content (AvgIpc) is 2.75. The van der Waals surface area contributed by atoms with Crippen LogP contribution >= 0.6 is 0 Å². The number of nitrogens with zero attached hydrogens (tertiary/aromatic N) is 2. The highest BCUT2D eigenvalue weighted by atomic mass is 32.2. The number of nitrogen functional groups attached to an aromatic ring is 2. The van der Waals surface area contributed by atoms with Crippen molar-refractivity contribution in [3.05, 3.63) is 10.4 Å². The van der Waals surface area contributed by atoms with Gasteiger partial charge in [-0.3, -0.25) is 18.6 Å². The Morgan fingerprint density at radius 1 is 0.952 bits per heavy atom. The van der Waals surface area contributed by atoms with Crippen molar-refractivity contribution in [2.75, 3.05) is 24.0 Å². The molecule has 6 N–H and O–H groups in total. The Labute approximate surface area is 121 Å². The van der Waals surface area contributed by atoms with E-state index in [1.807, 2.05) is 0 Å². The topological polar surface area (TPSA) is 188 Å². The number of nitrogens with two attached hydrogens (primary N) is 2. The molecule has 1 aromatic heterocycles. The van der Waals surface area contributed by atoms with Crippen LogP contribution in [-0.2, 0) is 33.3 Å². The molecule has 21 heavy (non-hydrogen) atoms. The summed E-state index contributed by atoms with van der Waals surface area (Å²) in [5.74, 6) is 0.410. The molecule has 0 spiro atoms. The monoisotopic (exact) mass is 346 g/mol. The molecule has 124 valence electrons. The molecule has 0 radical (unpaired) electrons. The second-order valence-electron chi connectivity index (χ2n) is 4.17. The van der Waals surface area contributed by atoms with Gasteiger partial charge in [-0.15, -0.1) is 0 Å². The van der Waals surface area contributed by atoms with E-state index in [1.165, 1.54) is 0 Å². The number of anilines is 2. The van der Waals surface area contributed by atoms with Gasteiger partial charge in [0.25, 0.3) is 25.8 Å². The van der Waals surface area contributed by atoms with Crippen LogP contribution in [0.25, 0.3) is 0 Å². The van der Waals surface area contributed by atoms with Crippen LogP contribution in [-0.4, -0.2) is 47.8 Å². The van der Waals surface area contributed by atoms with Crippen molar-refractivity contribution >= 4 is 31.7 Å². The lowest BCUT2D eigenvalue weighted by atomic mass is 10.4. The number of hydrogen-bond donors (Lipinski definition) is 4. The van der Waals surface area contributed by atoms with Crippen LogP contribution < -0.4 is 17.0 Å². The average molecular weight is 346 g/mol. The highest BCUT2D eigenvalue weighted by Gasteiger charge is 2.18. The largest absolute Gasteiger partial charge is 0.391 e. The van der Waals surface area contributed by atoms with Gasteiger partial charge in [-0.1, -0.05) is 0 Å². The van der Waals surface area contributed by atoms with Crippen molar-refractivity contribution in [1.29, 1.82) is 0 Å². The van der Waals surface area contributed by atoms with Crippen molar-refractivity contribution in [3.63, 3.8) is 0 Å². The minimum absolute atomic E-state index is 0.153. The molecule has 0 saturated heterocycles. The molecule has 2 rings (SSSR count). The molecule has 2 heterocycles. The maximum Gasteiger partial charge on any atom is 0.292 e. The molecule has 13 heteroatoms. The van der Waals surface area contributed by atoms with Crippen LogP contribution in [0.4, 0.5) is 11.5 Å². The summed E-state index contributed by atoms with van der Waals surface area (Å²) < 4.78 is 55.1. The molecule has 0 aliphatic carbocycles. The van der Waals surface area contributed by atoms with Crippen molar-refractivity contribution in [2.24, 2.45) is 0 Å². The van der Waals surface area contributed by atoms with E-state index in [4.69, 9.17) is 20.6 Å². The minimum Gasteiger partial charge on any atom is -0.391 e. The lowest BCUT2D eigenvalue weighted by molar-refractivity contribution is 0.488. The predicted molar refractivity (Wildman–Crippen MR) is 77.1 cm³/mol. The maximum atomic E-state index is 11.2. The summed E-state index contributed by atoms with van der Waals surface area (Å²) >= 11 is 0. The van der Waals surface area contributed by atoms with Crippen LogP contribution in [0.1, 0.15) is 6.42 Å². The summed E-state index contributed by atoms with van der Waals surface area (Å²) in [6.07, 6.45) is 2.40. The third kappa shape index (κ3) is 8.34. The van der Waals surface area contributed by atoms with E-state index >= 15 is 0 Å². The highest BCUT2D eigenvalue weighted by Crippen LogP contribution is 2.15. The van der Waals surface area contributed by atoms with Crippen molar-refractivity contribution in [3.8, 4) is 0 Å². The summed E-state index contributed by atoms with van der Waals surface area (Å²) in [6.45, 7) is 1.54. The molecule has 0 saturated carbocycles. The molecule has 0 aromatic carbocycles. The predicted octanol–water partition coefficient (Wildman–Crippen LogP) is -1.77. The Kier molecular flexibility index (Phi) is 6.41. The molecule has 0 amide bonds. The minimum atomic E-state index is -3.67. The first kappa shape index (κ1) is 19.4. The fraction of sp³-hybridized carbons (Fsp3) is 0.625. The molecular weight excluding hydrogens is 328 g/mol. The Morgan fingerprint density at radius 2 is 1.29 bits per heavy atom. The molecule has 0 atom stereocenters. The second-order valence-corrected chi connectivity index (χ2v) is 7.10. The second kappa shape index (κ2) is 6.93. The van der Waals surface area contributed by atoms with E-state index in [2.05, 4.69) is 0 Å². The molecule has 1 aliphatic rings. The van der Waals surface area contributed by atoms with Crippen LogP contribution in [0.15, 0.2) is 4.79 Å². The van der Waals surface area contributed by atoms with Gasteiger partial charge in [-0.05, 0) is 6.42 Å². The summed E-state index contributed by atoms with van der Waals surface area (Å²) in [7, 11) is -7.33. The van der Waals surface area contributed by atoms with E-state index in [1.54, 1.807) is 9.36 Å². The normalized spacial score (nSPS) is 13.5. The van der Waals surface area contributed by atoms with Gasteiger partial charge in [0.1, 0.15) is 11.5 Å². The standard InChI is InChI=1S/C6H10N4O.2CH4O3S/c7-4-5(8)9-2-1-3-10(9)6(4)11;2*1-5(2,3)4/h1-3,7-8H2;2*1H3,(H,2,3,4). The van der Waals surface area contributed by atoms with E-state index in [-0.39, 0.29) is 11.2 Å². The van der Waals surface area contributed by atoms with Gasteiger partial charge in [-0.2, -0.15) is 16.8 Å². The Hall–Kier alpha value is -1.57. The van der Waals surface area contributed by atoms with Crippen molar-refractivity contribution in [1.82, 2.24) is 9.36 Å². The Balaban J connectivity index is 0.000000340. The molecule has 11 nitrogen and oxygen atoms in total. The van der Waals surface area contributed by atoms with Gasteiger partial charge >= 0.3 is 0 Å². The van der Waals surface area contributed by atoms with Gasteiger partial charge in [-0.25, -0.2) is 4.68 Å². The van der Waals surface area contributed by atoms with Gasteiger partial charge in [0.2, 0.25) is 0 Å². The highest BCUT2D eigenvalue weighted by molar-refractivity contribution is 7.85. The molecule has 1 aromatic rings. The van der Waals surface area contributed by atoms with Crippen LogP contribution in [0.2, 0.25) is 0 Å². The molecule has 1 aliphatic heterocycles. The molecule has 0 unspecified atom stereocenters.